The number of aryl methyl sites for hydroxylation is 2. The Balaban J connectivity index is 2.32. The van der Waals surface area contributed by atoms with Gasteiger partial charge in [-0.25, -0.2) is 13.8 Å². The van der Waals surface area contributed by atoms with Crippen molar-refractivity contribution in [1.82, 2.24) is 4.98 Å². The largest absolute Gasteiger partial charge is 0.472 e. The molecule has 2 aromatic rings. The van der Waals surface area contributed by atoms with Crippen LogP contribution in [0.25, 0.3) is 0 Å². The van der Waals surface area contributed by atoms with Gasteiger partial charge in [0.05, 0.1) is 0 Å². The van der Waals surface area contributed by atoms with Crippen LogP contribution in [0.5, 0.6) is 11.6 Å². The number of hydrogen-bond donors (Lipinski definition) is 0. The third-order valence-corrected chi connectivity index (χ3v) is 3.10. The van der Waals surface area contributed by atoms with Crippen molar-refractivity contribution >= 4 is 0 Å². The quantitative estimate of drug-likeness (QED) is 0.781. The first-order valence-electron chi connectivity index (χ1n) is 6.56. The second kappa shape index (κ2) is 6.85. The Hall–Kier alpha value is -2.68. The SMILES string of the molecule is Cc1ccc(C)c(OCc2c(OC#N)cccc2C(F)F)n1. The number of nitriles is 1. The number of halogens is 2. The van der Waals surface area contributed by atoms with Crippen LogP contribution in [-0.2, 0) is 6.61 Å². The zero-order chi connectivity index (χ0) is 16.1. The summed E-state index contributed by atoms with van der Waals surface area (Å²) >= 11 is 0. The van der Waals surface area contributed by atoms with Gasteiger partial charge in [-0.05, 0) is 26.0 Å². The monoisotopic (exact) mass is 304 g/mol. The zero-order valence-corrected chi connectivity index (χ0v) is 12.1. The molecule has 114 valence electrons. The molecule has 0 aliphatic rings. The van der Waals surface area contributed by atoms with Gasteiger partial charge in [0.25, 0.3) is 12.7 Å². The summed E-state index contributed by atoms with van der Waals surface area (Å²) in [4.78, 5) is 4.22. The van der Waals surface area contributed by atoms with Crippen molar-refractivity contribution < 1.29 is 18.3 Å². The van der Waals surface area contributed by atoms with Crippen molar-refractivity contribution in [3.05, 3.63) is 52.7 Å². The van der Waals surface area contributed by atoms with Gasteiger partial charge >= 0.3 is 0 Å². The molecule has 0 amide bonds. The van der Waals surface area contributed by atoms with E-state index in [1.54, 1.807) is 0 Å². The Morgan fingerprint density at radius 2 is 2.00 bits per heavy atom. The van der Waals surface area contributed by atoms with E-state index >= 15 is 0 Å². The lowest BCUT2D eigenvalue weighted by Gasteiger charge is -2.14. The van der Waals surface area contributed by atoms with Gasteiger partial charge < -0.3 is 9.47 Å². The molecule has 0 atom stereocenters. The standard InChI is InChI=1S/C16H14F2N2O2/c1-10-6-7-11(2)20-16(10)21-8-13-12(15(17)18)4-3-5-14(13)22-9-19/h3-7,15H,8H2,1-2H3. The summed E-state index contributed by atoms with van der Waals surface area (Å²) in [5, 5.41) is 8.63. The number of pyridine rings is 1. The van der Waals surface area contributed by atoms with Crippen molar-refractivity contribution in [2.45, 2.75) is 26.9 Å². The van der Waals surface area contributed by atoms with Crippen LogP contribution in [0.15, 0.2) is 30.3 Å². The Morgan fingerprint density at radius 3 is 2.68 bits per heavy atom. The molecular formula is C16H14F2N2O2. The van der Waals surface area contributed by atoms with E-state index in [2.05, 4.69) is 4.98 Å². The first-order valence-corrected chi connectivity index (χ1v) is 6.56. The average Bonchev–Trinajstić information content (AvgIpc) is 2.49. The Morgan fingerprint density at radius 1 is 1.23 bits per heavy atom. The normalized spacial score (nSPS) is 10.4. The average molecular weight is 304 g/mol. The molecular weight excluding hydrogens is 290 g/mol. The van der Waals surface area contributed by atoms with Crippen molar-refractivity contribution in [1.29, 1.82) is 5.26 Å². The van der Waals surface area contributed by atoms with E-state index in [1.165, 1.54) is 24.5 Å². The van der Waals surface area contributed by atoms with Gasteiger partial charge in [0.2, 0.25) is 5.88 Å². The predicted molar refractivity (Wildman–Crippen MR) is 75.7 cm³/mol. The second-order valence-corrected chi connectivity index (χ2v) is 4.68. The fourth-order valence-corrected chi connectivity index (χ4v) is 1.98. The molecule has 0 aliphatic carbocycles. The van der Waals surface area contributed by atoms with E-state index in [-0.39, 0.29) is 23.5 Å². The lowest BCUT2D eigenvalue weighted by Crippen LogP contribution is -2.05. The molecule has 22 heavy (non-hydrogen) atoms. The Labute approximate surface area is 126 Å². The molecule has 1 aromatic carbocycles. The minimum Gasteiger partial charge on any atom is -0.472 e. The summed E-state index contributed by atoms with van der Waals surface area (Å²) in [7, 11) is 0. The maximum atomic E-state index is 13.1. The Bertz CT molecular complexity index is 712. The van der Waals surface area contributed by atoms with Gasteiger partial charge in [0.15, 0.2) is 0 Å². The number of nitrogens with zero attached hydrogens (tertiary/aromatic N) is 2. The highest BCUT2D eigenvalue weighted by Gasteiger charge is 2.18. The third kappa shape index (κ3) is 3.50. The molecule has 0 saturated heterocycles. The molecule has 0 fully saturated rings. The predicted octanol–water partition coefficient (Wildman–Crippen LogP) is 4.07. The first kappa shape index (κ1) is 15.7. The van der Waals surface area contributed by atoms with Crippen LogP contribution in [-0.4, -0.2) is 4.98 Å². The summed E-state index contributed by atoms with van der Waals surface area (Å²) in [6.07, 6.45) is -1.19. The lowest BCUT2D eigenvalue weighted by molar-refractivity contribution is 0.147. The molecule has 0 aliphatic heterocycles. The zero-order valence-electron chi connectivity index (χ0n) is 12.1. The van der Waals surface area contributed by atoms with Crippen LogP contribution in [0.3, 0.4) is 0 Å². The topological polar surface area (TPSA) is 55.1 Å². The van der Waals surface area contributed by atoms with Gasteiger partial charge in [0.1, 0.15) is 12.4 Å². The van der Waals surface area contributed by atoms with E-state index in [0.717, 1.165) is 11.3 Å². The highest BCUT2D eigenvalue weighted by molar-refractivity contribution is 5.41. The number of rotatable bonds is 5. The van der Waals surface area contributed by atoms with Crippen LogP contribution in [0.1, 0.15) is 28.8 Å². The molecule has 2 rings (SSSR count). The van der Waals surface area contributed by atoms with Crippen molar-refractivity contribution in [2.24, 2.45) is 0 Å². The smallest absolute Gasteiger partial charge is 0.292 e. The van der Waals surface area contributed by atoms with Gasteiger partial charge in [-0.3, -0.25) is 0 Å². The van der Waals surface area contributed by atoms with E-state index < -0.39 is 6.43 Å². The summed E-state index contributed by atoms with van der Waals surface area (Å²) in [5.74, 6) is 0.428. The van der Waals surface area contributed by atoms with Crippen LogP contribution in [0.4, 0.5) is 8.78 Å². The lowest BCUT2D eigenvalue weighted by atomic mass is 10.1. The van der Waals surface area contributed by atoms with Crippen molar-refractivity contribution in [2.75, 3.05) is 0 Å². The van der Waals surface area contributed by atoms with Crippen molar-refractivity contribution in [3.8, 4) is 17.9 Å². The van der Waals surface area contributed by atoms with Gasteiger partial charge in [-0.2, -0.15) is 0 Å². The Kier molecular flexibility index (Phi) is 4.89. The molecule has 0 radical (unpaired) electrons. The number of benzene rings is 1. The molecule has 1 heterocycles. The number of hydrogen-bond acceptors (Lipinski definition) is 4. The molecule has 0 saturated carbocycles. The molecule has 0 N–H and O–H groups in total. The molecule has 4 nitrogen and oxygen atoms in total. The van der Waals surface area contributed by atoms with Gasteiger partial charge in [0, 0.05) is 22.4 Å². The minimum absolute atomic E-state index is 0.0607. The van der Waals surface area contributed by atoms with E-state index in [4.69, 9.17) is 14.7 Å². The summed E-state index contributed by atoms with van der Waals surface area (Å²) in [6, 6.07) is 7.81. The van der Waals surface area contributed by atoms with E-state index in [1.807, 2.05) is 26.0 Å². The molecule has 0 spiro atoms. The summed E-state index contributed by atoms with van der Waals surface area (Å²) in [5.41, 5.74) is 1.47. The molecule has 6 heteroatoms. The maximum absolute atomic E-state index is 13.1. The van der Waals surface area contributed by atoms with E-state index in [9.17, 15) is 8.78 Å². The fraction of sp³-hybridized carbons (Fsp3) is 0.250. The molecule has 0 unspecified atom stereocenters. The van der Waals surface area contributed by atoms with Crippen molar-refractivity contribution in [3.63, 3.8) is 0 Å². The maximum Gasteiger partial charge on any atom is 0.292 e. The fourth-order valence-electron chi connectivity index (χ4n) is 1.98. The van der Waals surface area contributed by atoms with Crippen LogP contribution < -0.4 is 9.47 Å². The van der Waals surface area contributed by atoms with Gasteiger partial charge in [-0.1, -0.05) is 18.2 Å². The summed E-state index contributed by atoms with van der Waals surface area (Å²) in [6.45, 7) is 3.46. The highest BCUT2D eigenvalue weighted by Crippen LogP contribution is 2.31. The van der Waals surface area contributed by atoms with E-state index in [0.29, 0.717) is 5.88 Å². The highest BCUT2D eigenvalue weighted by atomic mass is 19.3. The number of ether oxygens (including phenoxy) is 2. The van der Waals surface area contributed by atoms with Gasteiger partial charge in [-0.15, -0.1) is 5.26 Å². The van der Waals surface area contributed by atoms with Crippen LogP contribution in [0, 0.1) is 25.4 Å². The number of aromatic nitrogens is 1. The van der Waals surface area contributed by atoms with Crippen LogP contribution in [0.2, 0.25) is 0 Å². The second-order valence-electron chi connectivity index (χ2n) is 4.68. The van der Waals surface area contributed by atoms with Crippen LogP contribution >= 0.6 is 0 Å². The first-order chi connectivity index (χ1) is 10.5. The molecule has 1 aromatic heterocycles. The third-order valence-electron chi connectivity index (χ3n) is 3.10. The summed E-state index contributed by atoms with van der Waals surface area (Å²) < 4.78 is 36.5. The minimum atomic E-state index is -2.69. The molecule has 0 bridgehead atoms. The number of alkyl halides is 2.